The van der Waals surface area contributed by atoms with Gasteiger partial charge in [-0.1, -0.05) is 0 Å². The van der Waals surface area contributed by atoms with E-state index in [1.807, 2.05) is 13.8 Å². The molecule has 0 unspecified atom stereocenters. The number of nitrogens with zero attached hydrogens (tertiary/aromatic N) is 2. The maximum atomic E-state index is 13.8. The second-order valence-electron chi connectivity index (χ2n) is 5.41. The molecule has 1 aromatic rings. The first-order valence-electron chi connectivity index (χ1n) is 6.19. The van der Waals surface area contributed by atoms with Gasteiger partial charge in [0.1, 0.15) is 5.82 Å². The molecule has 0 saturated carbocycles. The van der Waals surface area contributed by atoms with E-state index < -0.39 is 39.3 Å². The van der Waals surface area contributed by atoms with Crippen LogP contribution in [-0.4, -0.2) is 27.8 Å². The molecule has 20 heavy (non-hydrogen) atoms. The van der Waals surface area contributed by atoms with Crippen molar-refractivity contribution in [3.05, 3.63) is 39.4 Å². The number of amides is 1. The van der Waals surface area contributed by atoms with Crippen molar-refractivity contribution in [2.45, 2.75) is 32.2 Å². The Labute approximate surface area is 114 Å². The summed E-state index contributed by atoms with van der Waals surface area (Å²) in [4.78, 5) is 23.2. The molecule has 0 radical (unpaired) electrons. The average Bonchev–Trinajstić information content (AvgIpc) is 2.70. The first kappa shape index (κ1) is 14.4. The van der Waals surface area contributed by atoms with Gasteiger partial charge in [-0.3, -0.25) is 14.9 Å². The highest BCUT2D eigenvalue weighted by atomic mass is 19.1. The van der Waals surface area contributed by atoms with Gasteiger partial charge in [0.15, 0.2) is 0 Å². The number of benzene rings is 1. The van der Waals surface area contributed by atoms with Crippen LogP contribution < -0.4 is 0 Å². The number of hydrogen-bond donors (Lipinski definition) is 0. The van der Waals surface area contributed by atoms with Gasteiger partial charge in [0.25, 0.3) is 5.91 Å². The summed E-state index contributed by atoms with van der Waals surface area (Å²) >= 11 is 0. The molecule has 1 aromatic carbocycles. The average molecular weight is 284 g/mol. The van der Waals surface area contributed by atoms with E-state index in [0.29, 0.717) is 18.7 Å². The number of nitro groups is 1. The molecule has 0 bridgehead atoms. The van der Waals surface area contributed by atoms with Gasteiger partial charge in [-0.25, -0.2) is 4.39 Å². The molecule has 1 aliphatic heterocycles. The molecular formula is C13H14F2N2O3. The van der Waals surface area contributed by atoms with Crippen LogP contribution in [0.2, 0.25) is 0 Å². The van der Waals surface area contributed by atoms with Gasteiger partial charge in [0.05, 0.1) is 16.6 Å². The fraction of sp³-hybridized carbons (Fsp3) is 0.462. The summed E-state index contributed by atoms with van der Waals surface area (Å²) in [6, 6.07) is 1.05. The van der Waals surface area contributed by atoms with Gasteiger partial charge in [0.2, 0.25) is 5.82 Å². The molecule has 0 aromatic heterocycles. The quantitative estimate of drug-likeness (QED) is 0.619. The van der Waals surface area contributed by atoms with Gasteiger partial charge in [-0.15, -0.1) is 0 Å². The number of carbonyl (C=O) groups excluding carboxylic acids is 1. The molecule has 1 heterocycles. The molecular weight excluding hydrogens is 270 g/mol. The van der Waals surface area contributed by atoms with E-state index in [0.717, 1.165) is 12.8 Å². The van der Waals surface area contributed by atoms with Gasteiger partial charge in [0, 0.05) is 12.1 Å². The molecule has 7 heteroatoms. The van der Waals surface area contributed by atoms with Crippen molar-refractivity contribution in [2.24, 2.45) is 0 Å². The van der Waals surface area contributed by atoms with Crippen LogP contribution in [-0.2, 0) is 0 Å². The van der Waals surface area contributed by atoms with Crippen molar-refractivity contribution in [1.29, 1.82) is 0 Å². The fourth-order valence-corrected chi connectivity index (χ4v) is 2.47. The zero-order valence-corrected chi connectivity index (χ0v) is 11.2. The van der Waals surface area contributed by atoms with E-state index in [-0.39, 0.29) is 0 Å². The third kappa shape index (κ3) is 2.35. The molecule has 0 aliphatic carbocycles. The molecule has 2 rings (SSSR count). The normalized spacial score (nSPS) is 17.3. The minimum Gasteiger partial charge on any atom is -0.333 e. The van der Waals surface area contributed by atoms with Crippen molar-refractivity contribution < 1.29 is 18.5 Å². The molecule has 1 fully saturated rings. The topological polar surface area (TPSA) is 63.5 Å². The molecule has 1 aliphatic rings. The third-order valence-electron chi connectivity index (χ3n) is 3.61. The zero-order valence-electron chi connectivity index (χ0n) is 11.2. The maximum absolute atomic E-state index is 13.8. The minimum absolute atomic E-state index is 0.429. The minimum atomic E-state index is -1.21. The lowest BCUT2D eigenvalue weighted by Gasteiger charge is -2.31. The van der Waals surface area contributed by atoms with E-state index in [2.05, 4.69) is 0 Å². The summed E-state index contributed by atoms with van der Waals surface area (Å²) in [5.74, 6) is -2.93. The van der Waals surface area contributed by atoms with Crippen LogP contribution in [0.1, 0.15) is 37.0 Å². The fourth-order valence-electron chi connectivity index (χ4n) is 2.47. The molecule has 0 N–H and O–H groups in total. The van der Waals surface area contributed by atoms with Crippen molar-refractivity contribution in [1.82, 2.24) is 4.90 Å². The van der Waals surface area contributed by atoms with Crippen molar-refractivity contribution >= 4 is 11.6 Å². The lowest BCUT2D eigenvalue weighted by molar-refractivity contribution is -0.387. The van der Waals surface area contributed by atoms with Crippen LogP contribution >= 0.6 is 0 Å². The highest BCUT2D eigenvalue weighted by molar-refractivity contribution is 5.95. The van der Waals surface area contributed by atoms with Crippen LogP contribution in [0.5, 0.6) is 0 Å². The van der Waals surface area contributed by atoms with Crippen LogP contribution in [0.15, 0.2) is 12.1 Å². The molecule has 0 atom stereocenters. The summed E-state index contributed by atoms with van der Waals surface area (Å²) < 4.78 is 27.4. The smallest absolute Gasteiger partial charge is 0.307 e. The Morgan fingerprint density at radius 1 is 1.35 bits per heavy atom. The van der Waals surface area contributed by atoms with Crippen LogP contribution in [0, 0.1) is 21.7 Å². The van der Waals surface area contributed by atoms with Crippen molar-refractivity contribution in [2.75, 3.05) is 6.54 Å². The Kier molecular flexibility index (Phi) is 3.45. The van der Waals surface area contributed by atoms with Crippen LogP contribution in [0.4, 0.5) is 14.5 Å². The lowest BCUT2D eigenvalue weighted by atomic mass is 10.0. The van der Waals surface area contributed by atoms with Gasteiger partial charge in [-0.2, -0.15) is 4.39 Å². The second kappa shape index (κ2) is 4.81. The maximum Gasteiger partial charge on any atom is 0.307 e. The highest BCUT2D eigenvalue weighted by Crippen LogP contribution is 2.31. The Balaban J connectivity index is 2.41. The summed E-state index contributed by atoms with van der Waals surface area (Å²) in [6.07, 6.45) is 1.56. The number of hydrogen-bond acceptors (Lipinski definition) is 3. The van der Waals surface area contributed by atoms with Crippen molar-refractivity contribution in [3.63, 3.8) is 0 Å². The van der Waals surface area contributed by atoms with Gasteiger partial charge >= 0.3 is 5.69 Å². The first-order valence-corrected chi connectivity index (χ1v) is 6.19. The Bertz CT molecular complexity index is 587. The summed E-state index contributed by atoms with van der Waals surface area (Å²) in [5.41, 5.74) is -1.87. The molecule has 5 nitrogen and oxygen atoms in total. The number of halogens is 2. The molecule has 1 amide bonds. The third-order valence-corrected chi connectivity index (χ3v) is 3.61. The van der Waals surface area contributed by atoms with Crippen molar-refractivity contribution in [3.8, 4) is 0 Å². The standard InChI is InChI=1S/C13H14F2N2O3/c1-13(2)4-3-5-16(13)12(18)8-6-10(15)11(17(19)20)7-9(8)14/h6-7H,3-5H2,1-2H3. The predicted molar refractivity (Wildman–Crippen MR) is 67.4 cm³/mol. The number of likely N-dealkylation sites (tertiary alicyclic amines) is 1. The molecule has 1 saturated heterocycles. The highest BCUT2D eigenvalue weighted by Gasteiger charge is 2.37. The van der Waals surface area contributed by atoms with E-state index in [1.54, 1.807) is 0 Å². The van der Waals surface area contributed by atoms with Crippen LogP contribution in [0.3, 0.4) is 0 Å². The van der Waals surface area contributed by atoms with E-state index >= 15 is 0 Å². The second-order valence-corrected chi connectivity index (χ2v) is 5.41. The van der Waals surface area contributed by atoms with Crippen LogP contribution in [0.25, 0.3) is 0 Å². The summed E-state index contributed by atoms with van der Waals surface area (Å²) in [7, 11) is 0. The van der Waals surface area contributed by atoms with E-state index in [9.17, 15) is 23.7 Å². The molecule has 108 valence electrons. The van der Waals surface area contributed by atoms with Gasteiger partial charge < -0.3 is 4.90 Å². The monoisotopic (exact) mass is 284 g/mol. The van der Waals surface area contributed by atoms with Gasteiger partial charge in [-0.05, 0) is 32.8 Å². The molecule has 0 spiro atoms. The number of nitro benzene ring substituents is 1. The predicted octanol–water partition coefficient (Wildman–Crippen LogP) is 2.89. The van der Waals surface area contributed by atoms with E-state index in [1.165, 1.54) is 4.90 Å². The van der Waals surface area contributed by atoms with E-state index in [4.69, 9.17) is 0 Å². The summed E-state index contributed by atoms with van der Waals surface area (Å²) in [5, 5.41) is 10.5. The number of carbonyl (C=O) groups is 1. The SMILES string of the molecule is CC1(C)CCCN1C(=O)c1cc(F)c([N+](=O)[O-])cc1F. The Hall–Kier alpha value is -2.05. The lowest BCUT2D eigenvalue weighted by Crippen LogP contribution is -2.43. The zero-order chi connectivity index (χ0) is 15.1. The number of rotatable bonds is 2. The summed E-state index contributed by atoms with van der Waals surface area (Å²) in [6.45, 7) is 4.15. The first-order chi connectivity index (χ1) is 9.24. The Morgan fingerprint density at radius 2 is 2.00 bits per heavy atom. The Morgan fingerprint density at radius 3 is 2.50 bits per heavy atom. The largest absolute Gasteiger partial charge is 0.333 e.